The van der Waals surface area contributed by atoms with Crippen molar-refractivity contribution in [2.45, 2.75) is 232 Å². The predicted octanol–water partition coefficient (Wildman–Crippen LogP) is 11.0. The van der Waals surface area contributed by atoms with Crippen molar-refractivity contribution in [1.82, 2.24) is 0 Å². The van der Waals surface area contributed by atoms with Crippen LogP contribution in [0.4, 0.5) is 0 Å². The fourth-order valence-corrected chi connectivity index (χ4v) is 15.5. The van der Waals surface area contributed by atoms with E-state index in [0.717, 1.165) is 0 Å². The molecule has 11 nitrogen and oxygen atoms in total. The van der Waals surface area contributed by atoms with Gasteiger partial charge in [-0.1, -0.05) is 0 Å². The van der Waals surface area contributed by atoms with Crippen LogP contribution in [0.15, 0.2) is 0 Å². The summed E-state index contributed by atoms with van der Waals surface area (Å²) in [5.41, 5.74) is 0. The van der Waals surface area contributed by atoms with Gasteiger partial charge in [0, 0.05) is 0 Å². The van der Waals surface area contributed by atoms with E-state index in [2.05, 4.69) is 177 Å². The molecular weight excluding hydrogens is 897 g/mol. The lowest BCUT2D eigenvalue weighted by molar-refractivity contribution is -0.296. The van der Waals surface area contributed by atoms with Crippen LogP contribution in [-0.4, -0.2) is 150 Å². The molecule has 1 heterocycles. The first-order chi connectivity index (χ1) is 25.8. The van der Waals surface area contributed by atoms with Gasteiger partial charge in [0.2, 0.25) is 0 Å². The molecule has 0 spiro atoms. The molecule has 0 N–H and O–H groups in total. The lowest BCUT2D eigenvalue weighted by Crippen LogP contribution is -2.67. The average Bonchev–Trinajstić information content (AvgIpc) is 2.92. The minimum absolute atomic E-state index is 0.191. The standard InChI is InChI=1S/C39H96O11Si9/c1-51(2,3)41-29-31-34(46-55(13,14)15)37(49-58(22,23)24)38(50-59(25,26)27)39(43-31)40-28-32(44-53(7,8)9)35(47-56(16,17)18)36(48-57(19,20)21)33(45-54(10,11)12)30-42-52(4,5)6/h31-39H,28-30H2,1-27H3/t31-,32-,33-,34-,35-,36-,37+,38-,39?/m1/s1. The van der Waals surface area contributed by atoms with Crippen molar-refractivity contribution in [2.24, 2.45) is 0 Å². The highest BCUT2D eigenvalue weighted by Crippen LogP contribution is 2.36. The maximum Gasteiger partial charge on any atom is 0.185 e. The van der Waals surface area contributed by atoms with Crippen molar-refractivity contribution in [3.63, 3.8) is 0 Å². The summed E-state index contributed by atoms with van der Waals surface area (Å²) in [4.78, 5) is 0. The number of ether oxygens (including phenoxy) is 2. The SMILES string of the molecule is C[Si](C)(C)OC[C@@H](O[Si](C)(C)C)[C@@H](O[Si](C)(C)C)[C@H](O[Si](C)(C)C)[C@@H](COC1O[C@H](CO[Si](C)(C)C)[C@@H](O[Si](C)(C)C)[C@H](O[Si](C)(C)C)[C@H]1O[Si](C)(C)C)O[Si](C)(C)C. The normalized spacial score (nSPS) is 24.6. The van der Waals surface area contributed by atoms with E-state index in [9.17, 15) is 0 Å². The first-order valence-electron chi connectivity index (χ1n) is 22.1. The summed E-state index contributed by atoms with van der Waals surface area (Å²) in [6.45, 7) is 60.9. The molecule has 0 aliphatic carbocycles. The topological polar surface area (TPSA) is 102 Å². The summed E-state index contributed by atoms with van der Waals surface area (Å²) in [5.74, 6) is 0. The Morgan fingerprint density at radius 1 is 0.356 bits per heavy atom. The highest BCUT2D eigenvalue weighted by Gasteiger charge is 2.53. The minimum Gasteiger partial charge on any atom is -0.415 e. The van der Waals surface area contributed by atoms with E-state index in [4.69, 9.17) is 49.3 Å². The molecule has 0 aromatic carbocycles. The molecule has 0 saturated carbocycles. The molecule has 1 unspecified atom stereocenters. The fraction of sp³-hybridized carbons (Fsp3) is 1.00. The lowest BCUT2D eigenvalue weighted by atomic mass is 9.99. The van der Waals surface area contributed by atoms with Crippen molar-refractivity contribution in [1.29, 1.82) is 0 Å². The van der Waals surface area contributed by atoms with E-state index in [0.29, 0.717) is 13.2 Å². The van der Waals surface area contributed by atoms with Crippen LogP contribution in [0.3, 0.4) is 0 Å². The molecule has 1 aliphatic heterocycles. The molecule has 1 fully saturated rings. The predicted molar refractivity (Wildman–Crippen MR) is 271 cm³/mol. The summed E-state index contributed by atoms with van der Waals surface area (Å²) >= 11 is 0. The molecule has 0 bridgehead atoms. The highest BCUT2D eigenvalue weighted by atomic mass is 28.4. The van der Waals surface area contributed by atoms with Gasteiger partial charge in [-0.15, -0.1) is 0 Å². The minimum atomic E-state index is -2.24. The molecule has 9 atom stereocenters. The summed E-state index contributed by atoms with van der Waals surface area (Å²) in [6.07, 6.45) is -4.38. The van der Waals surface area contributed by atoms with Crippen LogP contribution in [0.25, 0.3) is 0 Å². The van der Waals surface area contributed by atoms with E-state index >= 15 is 0 Å². The van der Waals surface area contributed by atoms with Crippen molar-refractivity contribution in [3.8, 4) is 0 Å². The third-order valence-corrected chi connectivity index (χ3v) is 16.9. The molecule has 1 rings (SSSR count). The van der Waals surface area contributed by atoms with Crippen molar-refractivity contribution >= 4 is 74.9 Å². The van der Waals surface area contributed by atoms with E-state index in [1.54, 1.807) is 0 Å². The first kappa shape index (κ1) is 58.5. The van der Waals surface area contributed by atoms with Crippen molar-refractivity contribution in [2.75, 3.05) is 19.8 Å². The molecular formula is C39H96O11Si9. The summed E-state index contributed by atoms with van der Waals surface area (Å²) < 4.78 is 77.7. The Bertz CT molecular complexity index is 1240. The van der Waals surface area contributed by atoms with E-state index in [1.165, 1.54) is 0 Å². The van der Waals surface area contributed by atoms with Crippen LogP contribution < -0.4 is 0 Å². The van der Waals surface area contributed by atoms with Crippen LogP contribution in [-0.2, 0) is 49.3 Å². The Kier molecular flexibility index (Phi) is 21.7. The van der Waals surface area contributed by atoms with E-state index in [-0.39, 0.29) is 18.8 Å². The van der Waals surface area contributed by atoms with Gasteiger partial charge in [-0.25, -0.2) is 0 Å². The zero-order valence-electron chi connectivity index (χ0n) is 43.3. The second kappa shape index (κ2) is 21.9. The largest absolute Gasteiger partial charge is 0.415 e. The Morgan fingerprint density at radius 2 is 0.695 bits per heavy atom. The second-order valence-electron chi connectivity index (χ2n) is 25.2. The van der Waals surface area contributed by atoms with E-state index in [1.807, 2.05) is 0 Å². The van der Waals surface area contributed by atoms with Gasteiger partial charge in [-0.05, 0) is 177 Å². The zero-order chi connectivity index (χ0) is 46.6. The summed E-state index contributed by atoms with van der Waals surface area (Å²) in [5, 5.41) is 0. The van der Waals surface area contributed by atoms with Gasteiger partial charge in [-0.3, -0.25) is 0 Å². The molecule has 1 saturated heterocycles. The van der Waals surface area contributed by atoms with Gasteiger partial charge in [0.15, 0.2) is 81.1 Å². The molecule has 0 aromatic rings. The molecule has 20 heteroatoms. The quantitative estimate of drug-likeness (QED) is 0.0774. The van der Waals surface area contributed by atoms with Crippen LogP contribution in [0, 0.1) is 0 Å². The molecule has 59 heavy (non-hydrogen) atoms. The number of hydrogen-bond acceptors (Lipinski definition) is 11. The van der Waals surface area contributed by atoms with Crippen LogP contribution in [0.2, 0.25) is 177 Å². The molecule has 1 aliphatic rings. The van der Waals surface area contributed by atoms with Gasteiger partial charge >= 0.3 is 0 Å². The second-order valence-corrected chi connectivity index (χ2v) is 65.5. The van der Waals surface area contributed by atoms with Gasteiger partial charge in [0.1, 0.15) is 24.4 Å². The van der Waals surface area contributed by atoms with Crippen molar-refractivity contribution in [3.05, 3.63) is 0 Å². The Labute approximate surface area is 373 Å². The van der Waals surface area contributed by atoms with Crippen molar-refractivity contribution < 1.29 is 49.3 Å². The van der Waals surface area contributed by atoms with Gasteiger partial charge < -0.3 is 49.3 Å². The summed E-state index contributed by atoms with van der Waals surface area (Å²) in [6, 6.07) is 0. The molecule has 0 aromatic heterocycles. The molecule has 0 radical (unpaired) electrons. The van der Waals surface area contributed by atoms with E-state index < -0.39 is 118 Å². The summed E-state index contributed by atoms with van der Waals surface area (Å²) in [7, 11) is -19.1. The van der Waals surface area contributed by atoms with Crippen LogP contribution in [0.5, 0.6) is 0 Å². The molecule has 354 valence electrons. The van der Waals surface area contributed by atoms with Crippen LogP contribution >= 0.6 is 0 Å². The van der Waals surface area contributed by atoms with Crippen LogP contribution in [0.1, 0.15) is 0 Å². The highest BCUT2D eigenvalue weighted by molar-refractivity contribution is 6.72. The monoisotopic (exact) mass is 992 g/mol. The van der Waals surface area contributed by atoms with Gasteiger partial charge in [-0.2, -0.15) is 0 Å². The van der Waals surface area contributed by atoms with Gasteiger partial charge in [0.25, 0.3) is 0 Å². The van der Waals surface area contributed by atoms with Gasteiger partial charge in [0.05, 0.1) is 44.2 Å². The number of hydrogen-bond donors (Lipinski definition) is 0. The Morgan fingerprint density at radius 3 is 1.03 bits per heavy atom. The first-order valence-corrected chi connectivity index (χ1v) is 52.8. The maximum absolute atomic E-state index is 7.31. The fourth-order valence-electron chi connectivity index (χ4n) is 6.45. The maximum atomic E-state index is 7.31. The Balaban J connectivity index is 4.12. The smallest absolute Gasteiger partial charge is 0.185 e. The lowest BCUT2D eigenvalue weighted by Gasteiger charge is -2.51. The third kappa shape index (κ3) is 26.9. The average molecular weight is 994 g/mol. The zero-order valence-corrected chi connectivity index (χ0v) is 52.3. The third-order valence-electron chi connectivity index (χ3n) is 7.89. The number of rotatable bonds is 26. The Hall–Kier alpha value is 1.51. The molecule has 0 amide bonds.